The third kappa shape index (κ3) is 2.95. The van der Waals surface area contributed by atoms with E-state index in [1.54, 1.807) is 6.20 Å². The van der Waals surface area contributed by atoms with E-state index in [9.17, 15) is 4.79 Å². The number of aliphatic hydroxyl groups excluding tert-OH is 1. The van der Waals surface area contributed by atoms with Crippen LogP contribution in [-0.4, -0.2) is 33.8 Å². The van der Waals surface area contributed by atoms with Crippen LogP contribution < -0.4 is 5.32 Å². The van der Waals surface area contributed by atoms with E-state index in [1.165, 1.54) is 6.07 Å². The molecule has 1 aromatic heterocycles. The van der Waals surface area contributed by atoms with Gasteiger partial charge in [-0.1, -0.05) is 0 Å². The molecule has 1 aromatic rings. The number of hydrogen-bond donors (Lipinski definition) is 3. The summed E-state index contributed by atoms with van der Waals surface area (Å²) in [7, 11) is 0. The Labute approximate surface area is 107 Å². The van der Waals surface area contributed by atoms with Crippen LogP contribution in [0.25, 0.3) is 0 Å². The van der Waals surface area contributed by atoms with Crippen molar-refractivity contribution >= 4 is 27.7 Å². The molecule has 6 heteroatoms. The van der Waals surface area contributed by atoms with Gasteiger partial charge in [0.25, 0.3) is 0 Å². The molecule has 0 aliphatic heterocycles. The minimum atomic E-state index is -1.00. The van der Waals surface area contributed by atoms with Gasteiger partial charge in [0.05, 0.1) is 6.10 Å². The Hall–Kier alpha value is -1.14. The maximum Gasteiger partial charge on any atom is 0.339 e. The third-order valence-corrected chi connectivity index (χ3v) is 3.29. The summed E-state index contributed by atoms with van der Waals surface area (Å²) >= 11 is 3.19. The van der Waals surface area contributed by atoms with Crippen LogP contribution in [0.5, 0.6) is 0 Å². The maximum atomic E-state index is 11.0. The van der Waals surface area contributed by atoms with Crippen LogP contribution in [0.15, 0.2) is 16.7 Å². The molecule has 1 aliphatic rings. The van der Waals surface area contributed by atoms with E-state index in [1.807, 2.05) is 0 Å². The minimum Gasteiger partial charge on any atom is -0.478 e. The molecule has 17 heavy (non-hydrogen) atoms. The van der Waals surface area contributed by atoms with Crippen LogP contribution >= 0.6 is 15.9 Å². The molecule has 0 unspecified atom stereocenters. The number of hydrogen-bond acceptors (Lipinski definition) is 4. The van der Waals surface area contributed by atoms with Gasteiger partial charge in [-0.05, 0) is 40.8 Å². The third-order valence-electron chi connectivity index (χ3n) is 2.85. The summed E-state index contributed by atoms with van der Waals surface area (Å²) in [5.41, 5.74) is 0.152. The van der Waals surface area contributed by atoms with E-state index in [-0.39, 0.29) is 11.7 Å². The first-order valence-electron chi connectivity index (χ1n) is 5.37. The zero-order valence-corrected chi connectivity index (χ0v) is 10.6. The van der Waals surface area contributed by atoms with Crippen molar-refractivity contribution < 1.29 is 15.0 Å². The fraction of sp³-hybridized carbons (Fsp3) is 0.455. The monoisotopic (exact) mass is 300 g/mol. The molecule has 0 amide bonds. The lowest BCUT2D eigenvalue weighted by molar-refractivity contribution is 0.0485. The molecule has 0 spiro atoms. The van der Waals surface area contributed by atoms with E-state index >= 15 is 0 Å². The number of nitrogens with one attached hydrogen (secondary N) is 1. The molecule has 0 radical (unpaired) electrons. The van der Waals surface area contributed by atoms with E-state index in [0.29, 0.717) is 22.8 Å². The highest BCUT2D eigenvalue weighted by Crippen LogP contribution is 2.27. The summed E-state index contributed by atoms with van der Waals surface area (Å²) in [6.07, 6.45) is 2.90. The molecule has 5 nitrogen and oxygen atoms in total. The molecule has 1 aliphatic carbocycles. The van der Waals surface area contributed by atoms with Gasteiger partial charge in [0.1, 0.15) is 11.4 Å². The highest BCUT2D eigenvalue weighted by Gasteiger charge is 2.27. The Morgan fingerprint density at radius 3 is 2.88 bits per heavy atom. The fourth-order valence-corrected chi connectivity index (χ4v) is 2.18. The lowest BCUT2D eigenvalue weighted by Crippen LogP contribution is -2.33. The maximum absolute atomic E-state index is 11.0. The van der Waals surface area contributed by atoms with Crippen molar-refractivity contribution in [2.24, 2.45) is 5.92 Å². The first kappa shape index (κ1) is 12.3. The van der Waals surface area contributed by atoms with Gasteiger partial charge in [-0.15, -0.1) is 0 Å². The van der Waals surface area contributed by atoms with Crippen molar-refractivity contribution in [2.45, 2.75) is 18.9 Å². The number of nitrogens with zero attached hydrogens (tertiary/aromatic N) is 1. The first-order valence-corrected chi connectivity index (χ1v) is 6.16. The number of halogens is 1. The number of carboxylic acid groups (broad SMARTS) is 1. The standard InChI is InChI=1S/C11H13BrN2O3/c12-7-3-9(11(16)17)10(14-5-7)13-4-6-1-8(15)2-6/h3,5-6,8,15H,1-2,4H2,(H,13,14)(H,16,17). The summed E-state index contributed by atoms with van der Waals surface area (Å²) in [6, 6.07) is 1.52. The number of anilines is 1. The highest BCUT2D eigenvalue weighted by molar-refractivity contribution is 9.10. The minimum absolute atomic E-state index is 0.152. The molecule has 1 fully saturated rings. The summed E-state index contributed by atoms with van der Waals surface area (Å²) in [6.45, 7) is 0.645. The molecule has 0 saturated heterocycles. The molecule has 1 heterocycles. The van der Waals surface area contributed by atoms with Gasteiger partial charge < -0.3 is 15.5 Å². The van der Waals surface area contributed by atoms with E-state index in [2.05, 4.69) is 26.2 Å². The Bertz CT molecular complexity index is 433. The SMILES string of the molecule is O=C(O)c1cc(Br)cnc1NCC1CC(O)C1. The van der Waals surface area contributed by atoms with Crippen LogP contribution in [0.3, 0.4) is 0 Å². The van der Waals surface area contributed by atoms with Crippen molar-refractivity contribution in [3.05, 3.63) is 22.3 Å². The predicted octanol–water partition coefficient (Wildman–Crippen LogP) is 1.73. The normalized spacial score (nSPS) is 22.9. The fourth-order valence-electron chi connectivity index (χ4n) is 1.85. The number of carbonyl (C=O) groups is 1. The number of pyridine rings is 1. The molecule has 2 rings (SSSR count). The van der Waals surface area contributed by atoms with Crippen molar-refractivity contribution in [1.29, 1.82) is 0 Å². The van der Waals surface area contributed by atoms with Gasteiger partial charge in [0.15, 0.2) is 0 Å². The topological polar surface area (TPSA) is 82.5 Å². The average Bonchev–Trinajstić information content (AvgIpc) is 2.24. The Balaban J connectivity index is 2.02. The number of aromatic nitrogens is 1. The summed E-state index contributed by atoms with van der Waals surface area (Å²) in [5.74, 6) is -0.228. The predicted molar refractivity (Wildman–Crippen MR) is 66.1 cm³/mol. The summed E-state index contributed by atoms with van der Waals surface area (Å²) < 4.78 is 0.638. The Morgan fingerprint density at radius 2 is 2.29 bits per heavy atom. The number of rotatable bonds is 4. The van der Waals surface area contributed by atoms with Crippen LogP contribution in [0.1, 0.15) is 23.2 Å². The molecule has 0 bridgehead atoms. The lowest BCUT2D eigenvalue weighted by atomic mass is 9.82. The zero-order chi connectivity index (χ0) is 12.4. The Kier molecular flexibility index (Phi) is 3.63. The molecular weight excluding hydrogens is 288 g/mol. The van der Waals surface area contributed by atoms with Crippen LogP contribution in [-0.2, 0) is 0 Å². The number of aliphatic hydroxyl groups is 1. The summed E-state index contributed by atoms with van der Waals surface area (Å²) in [4.78, 5) is 15.1. The first-order chi connectivity index (χ1) is 8.06. The van der Waals surface area contributed by atoms with Crippen molar-refractivity contribution in [3.8, 4) is 0 Å². The van der Waals surface area contributed by atoms with Crippen LogP contribution in [0, 0.1) is 5.92 Å². The summed E-state index contributed by atoms with van der Waals surface area (Å²) in [5, 5.41) is 21.2. The van der Waals surface area contributed by atoms with Crippen molar-refractivity contribution in [2.75, 3.05) is 11.9 Å². The van der Waals surface area contributed by atoms with Crippen molar-refractivity contribution in [3.63, 3.8) is 0 Å². The Morgan fingerprint density at radius 1 is 1.59 bits per heavy atom. The molecule has 0 aromatic carbocycles. The molecule has 3 N–H and O–H groups in total. The highest BCUT2D eigenvalue weighted by atomic mass is 79.9. The smallest absolute Gasteiger partial charge is 0.339 e. The zero-order valence-electron chi connectivity index (χ0n) is 9.06. The van der Waals surface area contributed by atoms with Gasteiger partial charge in [-0.2, -0.15) is 0 Å². The molecule has 1 saturated carbocycles. The molecular formula is C11H13BrN2O3. The van der Waals surface area contributed by atoms with Gasteiger partial charge in [0.2, 0.25) is 0 Å². The van der Waals surface area contributed by atoms with E-state index in [0.717, 1.165) is 12.8 Å². The number of aromatic carboxylic acids is 1. The molecule has 0 atom stereocenters. The molecule has 92 valence electrons. The lowest BCUT2D eigenvalue weighted by Gasteiger charge is -2.31. The average molecular weight is 301 g/mol. The largest absolute Gasteiger partial charge is 0.478 e. The quantitative estimate of drug-likeness (QED) is 0.789. The van der Waals surface area contributed by atoms with Crippen LogP contribution in [0.4, 0.5) is 5.82 Å². The van der Waals surface area contributed by atoms with Gasteiger partial charge in [-0.25, -0.2) is 9.78 Å². The second kappa shape index (κ2) is 5.01. The van der Waals surface area contributed by atoms with Gasteiger partial charge in [-0.3, -0.25) is 0 Å². The van der Waals surface area contributed by atoms with Crippen molar-refractivity contribution in [1.82, 2.24) is 4.98 Å². The second-order valence-corrected chi connectivity index (χ2v) is 5.14. The van der Waals surface area contributed by atoms with Crippen LogP contribution in [0.2, 0.25) is 0 Å². The second-order valence-electron chi connectivity index (χ2n) is 4.23. The van der Waals surface area contributed by atoms with Gasteiger partial charge in [0, 0.05) is 17.2 Å². The number of carboxylic acids is 1. The van der Waals surface area contributed by atoms with Gasteiger partial charge >= 0.3 is 5.97 Å². The van der Waals surface area contributed by atoms with E-state index < -0.39 is 5.97 Å². The van der Waals surface area contributed by atoms with E-state index in [4.69, 9.17) is 10.2 Å².